The molecule has 2 aliphatic rings. The highest BCUT2D eigenvalue weighted by molar-refractivity contribution is 5.80. The van der Waals surface area contributed by atoms with Crippen LogP contribution in [0.3, 0.4) is 0 Å². The summed E-state index contributed by atoms with van der Waals surface area (Å²) in [6, 6.07) is 2.40. The van der Waals surface area contributed by atoms with E-state index in [1.165, 1.54) is 24.7 Å². The predicted octanol–water partition coefficient (Wildman–Crippen LogP) is 2.51. The summed E-state index contributed by atoms with van der Waals surface area (Å²) in [4.78, 5) is 12.0. The number of aromatic nitrogens is 1. The van der Waals surface area contributed by atoms with Crippen LogP contribution in [-0.4, -0.2) is 72.8 Å². The van der Waals surface area contributed by atoms with Crippen LogP contribution in [0.25, 0.3) is 0 Å². The Hall–Kier alpha value is -2.03. The van der Waals surface area contributed by atoms with E-state index in [-0.39, 0.29) is 0 Å². The molecule has 1 unspecified atom stereocenters. The molecule has 0 aromatic carbocycles. The van der Waals surface area contributed by atoms with Crippen molar-refractivity contribution in [1.82, 2.24) is 20.1 Å². The Morgan fingerprint density at radius 3 is 2.64 bits per heavy atom. The van der Waals surface area contributed by atoms with Crippen LogP contribution in [0.1, 0.15) is 25.3 Å². The molecule has 1 atom stereocenters. The first-order valence-electron chi connectivity index (χ1n) is 9.71. The number of aliphatic imine (C=N–C) groups is 1. The third-order valence-electron chi connectivity index (χ3n) is 5.26. The number of guanidine groups is 1. The Labute approximate surface area is 163 Å². The molecule has 1 aliphatic carbocycles. The summed E-state index contributed by atoms with van der Waals surface area (Å²) in [6.07, 6.45) is -0.0127. The van der Waals surface area contributed by atoms with Crippen LogP contribution in [0.2, 0.25) is 0 Å². The molecular formula is C19H28F3N5O. The molecule has 6 nitrogen and oxygen atoms in total. The molecule has 1 N–H and O–H groups in total. The summed E-state index contributed by atoms with van der Waals surface area (Å²) in [7, 11) is 1.68. The molecule has 9 heteroatoms. The highest BCUT2D eigenvalue weighted by Gasteiger charge is 2.41. The van der Waals surface area contributed by atoms with E-state index in [1.807, 2.05) is 17.0 Å². The number of nitrogens with zero attached hydrogens (tertiary/aromatic N) is 4. The molecule has 0 spiro atoms. The molecule has 156 valence electrons. The van der Waals surface area contributed by atoms with E-state index in [9.17, 15) is 13.2 Å². The van der Waals surface area contributed by atoms with E-state index in [0.717, 1.165) is 5.56 Å². The molecule has 1 aromatic rings. The Morgan fingerprint density at radius 1 is 1.32 bits per heavy atom. The van der Waals surface area contributed by atoms with Gasteiger partial charge in [0.25, 0.3) is 0 Å². The van der Waals surface area contributed by atoms with Crippen molar-refractivity contribution >= 4 is 5.96 Å². The lowest BCUT2D eigenvalue weighted by atomic mass is 10.2. The first kappa shape index (κ1) is 20.7. The zero-order valence-corrected chi connectivity index (χ0v) is 16.4. The fraction of sp³-hybridized carbons (Fsp3) is 0.684. The molecule has 1 saturated heterocycles. The largest absolute Gasteiger partial charge is 0.477 e. The zero-order valence-electron chi connectivity index (χ0n) is 16.4. The van der Waals surface area contributed by atoms with Crippen molar-refractivity contribution in [3.8, 4) is 5.88 Å². The molecular weight excluding hydrogens is 371 g/mol. The highest BCUT2D eigenvalue weighted by Crippen LogP contribution is 2.29. The lowest BCUT2D eigenvalue weighted by Crippen LogP contribution is -2.56. The summed E-state index contributed by atoms with van der Waals surface area (Å²) in [5.74, 6) is 1.98. The van der Waals surface area contributed by atoms with Gasteiger partial charge in [-0.15, -0.1) is 0 Å². The number of alkyl halides is 3. The van der Waals surface area contributed by atoms with Gasteiger partial charge in [-0.1, -0.05) is 0 Å². The van der Waals surface area contributed by atoms with Crippen LogP contribution in [-0.2, 0) is 6.54 Å². The smallest absolute Gasteiger partial charge is 0.403 e. The predicted molar refractivity (Wildman–Crippen MR) is 101 cm³/mol. The van der Waals surface area contributed by atoms with Crippen molar-refractivity contribution in [3.63, 3.8) is 0 Å². The van der Waals surface area contributed by atoms with Gasteiger partial charge in [0, 0.05) is 52.0 Å². The first-order valence-corrected chi connectivity index (χ1v) is 9.71. The van der Waals surface area contributed by atoms with Crippen LogP contribution in [0.4, 0.5) is 13.2 Å². The number of pyridine rings is 1. The summed E-state index contributed by atoms with van der Waals surface area (Å²) in [5.41, 5.74) is 1.02. The van der Waals surface area contributed by atoms with Crippen LogP contribution in [0.5, 0.6) is 5.88 Å². The fourth-order valence-electron chi connectivity index (χ4n) is 3.17. The van der Waals surface area contributed by atoms with Crippen molar-refractivity contribution in [2.75, 3.05) is 39.8 Å². The maximum Gasteiger partial charge on any atom is 0.403 e. The molecule has 1 aliphatic heterocycles. The van der Waals surface area contributed by atoms with E-state index >= 15 is 0 Å². The number of halogens is 3. The lowest BCUT2D eigenvalue weighted by Gasteiger charge is -2.39. The van der Waals surface area contributed by atoms with Gasteiger partial charge < -0.3 is 15.0 Å². The highest BCUT2D eigenvalue weighted by atomic mass is 19.4. The molecule has 1 saturated carbocycles. The van der Waals surface area contributed by atoms with Gasteiger partial charge in [0.05, 0.1) is 6.61 Å². The summed E-state index contributed by atoms with van der Waals surface area (Å²) in [5, 5.41) is 3.29. The number of rotatable bonds is 6. The van der Waals surface area contributed by atoms with Gasteiger partial charge in [0.1, 0.15) is 6.04 Å². The van der Waals surface area contributed by atoms with Crippen molar-refractivity contribution in [2.45, 2.75) is 38.5 Å². The van der Waals surface area contributed by atoms with Gasteiger partial charge in [-0.25, -0.2) is 4.98 Å². The van der Waals surface area contributed by atoms with Gasteiger partial charge in [0.2, 0.25) is 5.88 Å². The Morgan fingerprint density at radius 2 is 2.04 bits per heavy atom. The second-order valence-corrected chi connectivity index (χ2v) is 7.40. The molecule has 2 heterocycles. The third-order valence-corrected chi connectivity index (χ3v) is 5.26. The van der Waals surface area contributed by atoms with Crippen molar-refractivity contribution in [3.05, 3.63) is 23.9 Å². The molecule has 0 amide bonds. The van der Waals surface area contributed by atoms with Gasteiger partial charge in [0.15, 0.2) is 5.96 Å². The van der Waals surface area contributed by atoms with Gasteiger partial charge in [-0.05, 0) is 37.3 Å². The van der Waals surface area contributed by atoms with Crippen molar-refractivity contribution in [2.24, 2.45) is 10.9 Å². The minimum atomic E-state index is -4.19. The summed E-state index contributed by atoms with van der Waals surface area (Å²) >= 11 is 0. The second-order valence-electron chi connectivity index (χ2n) is 7.40. The van der Waals surface area contributed by atoms with E-state index in [1.54, 1.807) is 13.2 Å². The maximum atomic E-state index is 12.9. The SMILES string of the molecule is CN=C(NCc1ccnc(OCC2CC2)c1)N1CCN(C(C)C(F)(F)F)CC1. The average molecular weight is 399 g/mol. The van der Waals surface area contributed by atoms with Crippen molar-refractivity contribution in [1.29, 1.82) is 0 Å². The second kappa shape index (κ2) is 8.98. The molecule has 2 fully saturated rings. The van der Waals surface area contributed by atoms with E-state index in [2.05, 4.69) is 15.3 Å². The Kier molecular flexibility index (Phi) is 6.64. The molecule has 3 rings (SSSR count). The number of ether oxygens (including phenoxy) is 1. The number of hydrogen-bond donors (Lipinski definition) is 1. The van der Waals surface area contributed by atoms with Crippen LogP contribution in [0, 0.1) is 5.92 Å². The number of hydrogen-bond acceptors (Lipinski definition) is 4. The summed E-state index contributed by atoms with van der Waals surface area (Å²) in [6.45, 7) is 4.21. The zero-order chi connectivity index (χ0) is 20.1. The van der Waals surface area contributed by atoms with E-state index in [0.29, 0.717) is 57.1 Å². The fourth-order valence-corrected chi connectivity index (χ4v) is 3.17. The minimum Gasteiger partial charge on any atom is -0.477 e. The Balaban J connectivity index is 1.48. The maximum absolute atomic E-state index is 12.9. The van der Waals surface area contributed by atoms with E-state index in [4.69, 9.17) is 4.74 Å². The quantitative estimate of drug-likeness (QED) is 0.589. The third kappa shape index (κ3) is 5.73. The lowest BCUT2D eigenvalue weighted by molar-refractivity contribution is -0.181. The van der Waals surface area contributed by atoms with Gasteiger partial charge in [-0.3, -0.25) is 9.89 Å². The van der Waals surface area contributed by atoms with Crippen LogP contribution in [0.15, 0.2) is 23.3 Å². The molecule has 0 bridgehead atoms. The molecule has 0 radical (unpaired) electrons. The number of nitrogens with one attached hydrogen (secondary N) is 1. The normalized spacial score (nSPS) is 20.2. The van der Waals surface area contributed by atoms with Crippen molar-refractivity contribution < 1.29 is 17.9 Å². The monoisotopic (exact) mass is 399 g/mol. The summed E-state index contributed by atoms with van der Waals surface area (Å²) < 4.78 is 44.4. The van der Waals surface area contributed by atoms with E-state index < -0.39 is 12.2 Å². The number of piperazine rings is 1. The minimum absolute atomic E-state index is 0.357. The first-order chi connectivity index (χ1) is 13.4. The topological polar surface area (TPSA) is 53.0 Å². The Bertz CT molecular complexity index is 670. The molecule has 28 heavy (non-hydrogen) atoms. The standard InChI is InChI=1S/C19H28F3N5O/c1-14(19(20,21)22)26-7-9-27(10-8-26)18(23-2)25-12-16-5-6-24-17(11-16)28-13-15-3-4-15/h5-6,11,14-15H,3-4,7-10,12-13H2,1-2H3,(H,23,25). The average Bonchev–Trinajstić information content (AvgIpc) is 3.51. The van der Waals surface area contributed by atoms with Crippen LogP contribution < -0.4 is 10.1 Å². The van der Waals surface area contributed by atoms with Gasteiger partial charge in [-0.2, -0.15) is 13.2 Å². The van der Waals surface area contributed by atoms with Crippen LogP contribution >= 0.6 is 0 Å². The molecule has 1 aromatic heterocycles. The van der Waals surface area contributed by atoms with Gasteiger partial charge >= 0.3 is 6.18 Å².